The van der Waals surface area contributed by atoms with Crippen LogP contribution in [0.15, 0.2) is 30.3 Å². The third kappa shape index (κ3) is 5.06. The highest BCUT2D eigenvalue weighted by molar-refractivity contribution is 6.36. The zero-order valence-electron chi connectivity index (χ0n) is 23.3. The lowest BCUT2D eigenvalue weighted by atomic mass is 9.96. The van der Waals surface area contributed by atoms with Gasteiger partial charge in [-0.15, -0.1) is 0 Å². The Bertz CT molecular complexity index is 1460. The van der Waals surface area contributed by atoms with Crippen LogP contribution in [0.3, 0.4) is 0 Å². The molecule has 2 atom stereocenters. The number of hydrogen-bond donors (Lipinski definition) is 0. The van der Waals surface area contributed by atoms with Crippen molar-refractivity contribution in [1.29, 1.82) is 0 Å². The molecule has 0 saturated carbocycles. The summed E-state index contributed by atoms with van der Waals surface area (Å²) in [7, 11) is 2.15. The summed E-state index contributed by atoms with van der Waals surface area (Å²) in [5, 5.41) is 1.79. The van der Waals surface area contributed by atoms with Gasteiger partial charge in [0, 0.05) is 42.2 Å². The third-order valence-corrected chi connectivity index (χ3v) is 9.46. The fourth-order valence-corrected chi connectivity index (χ4v) is 6.84. The van der Waals surface area contributed by atoms with Crippen molar-refractivity contribution >= 4 is 33.9 Å². The van der Waals surface area contributed by atoms with Crippen LogP contribution in [-0.4, -0.2) is 66.8 Å². The van der Waals surface area contributed by atoms with E-state index in [-0.39, 0.29) is 10.6 Å². The molecular formula is C31H36ClFN6O. The van der Waals surface area contributed by atoms with Gasteiger partial charge >= 0.3 is 6.01 Å². The molecule has 3 aliphatic heterocycles. The molecule has 2 fully saturated rings. The zero-order chi connectivity index (χ0) is 27.9. The quantitative estimate of drug-likeness (QED) is 0.344. The lowest BCUT2D eigenvalue weighted by Gasteiger charge is -2.37. The first-order valence-corrected chi connectivity index (χ1v) is 14.7. The molecule has 3 aliphatic rings. The summed E-state index contributed by atoms with van der Waals surface area (Å²) < 4.78 is 20.8. The second-order valence-corrected chi connectivity index (χ2v) is 12.1. The van der Waals surface area contributed by atoms with Crippen molar-refractivity contribution < 1.29 is 9.13 Å². The molecule has 2 saturated heterocycles. The number of aromatic nitrogens is 2. The van der Waals surface area contributed by atoms with Gasteiger partial charge < -0.3 is 19.4 Å². The van der Waals surface area contributed by atoms with Crippen LogP contribution in [0.4, 0.5) is 15.9 Å². The van der Waals surface area contributed by atoms with E-state index in [0.29, 0.717) is 31.6 Å². The Balaban J connectivity index is 1.36. The Kier molecular flexibility index (Phi) is 7.45. The minimum Gasteiger partial charge on any atom is -0.461 e. The first kappa shape index (κ1) is 27.0. The van der Waals surface area contributed by atoms with Crippen LogP contribution in [0.2, 0.25) is 5.02 Å². The molecule has 3 aromatic rings. The normalized spacial score (nSPS) is 23.3. The Labute approximate surface area is 240 Å². The van der Waals surface area contributed by atoms with Crippen LogP contribution >= 0.6 is 11.6 Å². The Morgan fingerprint density at radius 3 is 2.83 bits per heavy atom. The van der Waals surface area contributed by atoms with Gasteiger partial charge in [0.15, 0.2) is 0 Å². The van der Waals surface area contributed by atoms with E-state index in [1.807, 2.05) is 18.2 Å². The molecule has 6 rings (SSSR count). The summed E-state index contributed by atoms with van der Waals surface area (Å²) in [6.07, 6.45) is 5.12. The maximum atomic E-state index is 14.5. The summed E-state index contributed by atoms with van der Waals surface area (Å²) >= 11 is 6.49. The van der Waals surface area contributed by atoms with Crippen molar-refractivity contribution in [2.24, 2.45) is 5.92 Å². The summed E-state index contributed by atoms with van der Waals surface area (Å²) in [6, 6.07) is 9.57. The molecule has 7 nitrogen and oxygen atoms in total. The number of hydrogen-bond acceptors (Lipinski definition) is 6. The first-order valence-electron chi connectivity index (χ1n) is 14.3. The smallest absolute Gasteiger partial charge is 0.318 e. The molecule has 0 aliphatic carbocycles. The average molecular weight is 563 g/mol. The van der Waals surface area contributed by atoms with E-state index < -0.39 is 5.82 Å². The molecule has 210 valence electrons. The summed E-state index contributed by atoms with van der Waals surface area (Å²) in [4.78, 5) is 20.6. The topological polar surface area (TPSA) is 49.1 Å². The van der Waals surface area contributed by atoms with Gasteiger partial charge in [-0.05, 0) is 70.1 Å². The van der Waals surface area contributed by atoms with Crippen LogP contribution in [0.5, 0.6) is 6.01 Å². The molecule has 4 heterocycles. The highest BCUT2D eigenvalue weighted by Crippen LogP contribution is 2.38. The molecule has 1 unspecified atom stereocenters. The number of likely N-dealkylation sites (N-methyl/N-ethyl adjacent to an activating group) is 1. The minimum atomic E-state index is -0.413. The van der Waals surface area contributed by atoms with E-state index in [9.17, 15) is 4.39 Å². The fraction of sp³-hybridized carbons (Fsp3) is 0.516. The van der Waals surface area contributed by atoms with Crippen molar-refractivity contribution in [1.82, 2.24) is 14.9 Å². The highest BCUT2D eigenvalue weighted by Gasteiger charge is 2.36. The van der Waals surface area contributed by atoms with Gasteiger partial charge in [-0.3, -0.25) is 4.90 Å². The average Bonchev–Trinajstić information content (AvgIpc) is 3.31. The molecule has 0 N–H and O–H groups in total. The second kappa shape index (κ2) is 11.0. The minimum absolute atomic E-state index is 0.0406. The zero-order valence-corrected chi connectivity index (χ0v) is 24.1. The van der Waals surface area contributed by atoms with E-state index >= 15 is 0 Å². The van der Waals surface area contributed by atoms with Crippen molar-refractivity contribution in [2.45, 2.75) is 51.1 Å². The van der Waals surface area contributed by atoms with E-state index in [1.165, 1.54) is 6.07 Å². The Hall–Kier alpha value is -3.15. The number of rotatable bonds is 6. The lowest BCUT2D eigenvalue weighted by Crippen LogP contribution is -2.44. The van der Waals surface area contributed by atoms with E-state index in [1.54, 1.807) is 6.07 Å². The number of halogens is 2. The van der Waals surface area contributed by atoms with Crippen molar-refractivity contribution in [3.05, 3.63) is 63.8 Å². The van der Waals surface area contributed by atoms with Gasteiger partial charge in [0.25, 0.3) is 0 Å². The van der Waals surface area contributed by atoms with E-state index in [0.717, 1.165) is 91.8 Å². The second-order valence-electron chi connectivity index (χ2n) is 11.8. The standard InChI is InChI=1S/C31H36ClFN6O/c1-31(13-6-14-37(31)3)20-40-30-35-25-19-38(26-9-4-8-22-10-11-24(33)28(32)27(22)26)16-12-23(25)29(36-30)39-15-5-7-21(18-39)17-34-2/h4,8-11,21H,5-7,12-20H2,1,3H3/t21-,31?/m0/s1. The number of anilines is 2. The molecule has 0 spiro atoms. The fourth-order valence-electron chi connectivity index (χ4n) is 6.57. The van der Waals surface area contributed by atoms with Gasteiger partial charge in [0.05, 0.1) is 22.8 Å². The molecular weight excluding hydrogens is 527 g/mol. The van der Waals surface area contributed by atoms with Crippen molar-refractivity contribution in [3.8, 4) is 6.01 Å². The number of likely N-dealkylation sites (tertiary alicyclic amines) is 1. The predicted octanol–water partition coefficient (Wildman–Crippen LogP) is 5.98. The lowest BCUT2D eigenvalue weighted by molar-refractivity contribution is 0.107. The summed E-state index contributed by atoms with van der Waals surface area (Å²) in [5.74, 6) is 0.880. The number of fused-ring (bicyclic) bond motifs is 2. The van der Waals surface area contributed by atoms with Gasteiger partial charge in [0.2, 0.25) is 6.54 Å². The molecule has 1 aromatic heterocycles. The molecule has 9 heteroatoms. The van der Waals surface area contributed by atoms with E-state index in [2.05, 4.69) is 33.5 Å². The Morgan fingerprint density at radius 1 is 1.15 bits per heavy atom. The van der Waals surface area contributed by atoms with Gasteiger partial charge in [-0.1, -0.05) is 29.8 Å². The van der Waals surface area contributed by atoms with Crippen molar-refractivity contribution in [2.75, 3.05) is 56.2 Å². The number of nitrogens with zero attached hydrogens (tertiary/aromatic N) is 6. The summed E-state index contributed by atoms with van der Waals surface area (Å²) in [5.41, 5.74) is 2.95. The van der Waals surface area contributed by atoms with E-state index in [4.69, 9.17) is 32.9 Å². The number of ether oxygens (including phenoxy) is 1. The molecule has 40 heavy (non-hydrogen) atoms. The van der Waals surface area contributed by atoms with Crippen LogP contribution in [-0.2, 0) is 13.0 Å². The monoisotopic (exact) mass is 562 g/mol. The van der Waals surface area contributed by atoms with Crippen molar-refractivity contribution in [3.63, 3.8) is 0 Å². The maximum absolute atomic E-state index is 14.5. The maximum Gasteiger partial charge on any atom is 0.318 e. The van der Waals surface area contributed by atoms with Gasteiger partial charge in [-0.25, -0.2) is 11.0 Å². The predicted molar refractivity (Wildman–Crippen MR) is 158 cm³/mol. The number of piperidine rings is 1. The SMILES string of the molecule is [C-]#[N+]C[C@@H]1CCCN(c2nc(OCC3(C)CCCN3C)nc3c2CCN(c2cccc4ccc(F)c(Cl)c24)C3)C1. The summed E-state index contributed by atoms with van der Waals surface area (Å²) in [6.45, 7) is 14.8. The number of benzene rings is 2. The van der Waals surface area contributed by atoms with Crippen LogP contribution in [0.1, 0.15) is 43.9 Å². The molecule has 0 amide bonds. The van der Waals surface area contributed by atoms with Crippen LogP contribution < -0.4 is 14.5 Å². The van der Waals surface area contributed by atoms with Crippen LogP contribution in [0.25, 0.3) is 15.6 Å². The molecule has 0 radical (unpaired) electrons. The largest absolute Gasteiger partial charge is 0.461 e. The first-order chi connectivity index (χ1) is 19.4. The van der Waals surface area contributed by atoms with Gasteiger partial charge in [-0.2, -0.15) is 9.97 Å². The van der Waals surface area contributed by atoms with Gasteiger partial charge in [0.1, 0.15) is 18.2 Å². The molecule has 2 aromatic carbocycles. The molecule has 0 bridgehead atoms. The highest BCUT2D eigenvalue weighted by atomic mass is 35.5. The third-order valence-electron chi connectivity index (χ3n) is 9.09. The van der Waals surface area contributed by atoms with Crippen LogP contribution in [0, 0.1) is 18.3 Å². The Morgan fingerprint density at radius 2 is 2.02 bits per heavy atom.